The summed E-state index contributed by atoms with van der Waals surface area (Å²) in [6.45, 7) is 4.21. The van der Waals surface area contributed by atoms with E-state index in [-0.39, 0.29) is 6.79 Å². The minimum Gasteiger partial charge on any atom is -0.457 e. The highest BCUT2D eigenvalue weighted by atomic mass is 16.7. The standard InChI is InChI=1S/C16H17NO3/c1-2-17-10-12-3-5-13(6-4-12)20-14-7-8-15-16(9-14)19-11-18-15/h3-9,17H,2,10-11H2,1H3. The van der Waals surface area contributed by atoms with E-state index in [9.17, 15) is 0 Å². The Morgan fingerprint density at radius 1 is 1.00 bits per heavy atom. The van der Waals surface area contributed by atoms with Crippen LogP contribution in [0.15, 0.2) is 42.5 Å². The predicted molar refractivity (Wildman–Crippen MR) is 76.5 cm³/mol. The van der Waals surface area contributed by atoms with Crippen LogP contribution in [0, 0.1) is 0 Å². The molecule has 4 heteroatoms. The predicted octanol–water partition coefficient (Wildman–Crippen LogP) is 3.32. The van der Waals surface area contributed by atoms with E-state index in [1.165, 1.54) is 5.56 Å². The number of benzene rings is 2. The minimum absolute atomic E-state index is 0.276. The molecule has 104 valence electrons. The molecule has 0 saturated heterocycles. The summed E-state index contributed by atoms with van der Waals surface area (Å²) >= 11 is 0. The molecule has 2 aromatic carbocycles. The Hall–Kier alpha value is -2.20. The number of fused-ring (bicyclic) bond motifs is 1. The zero-order valence-corrected chi connectivity index (χ0v) is 11.4. The molecule has 0 fully saturated rings. The monoisotopic (exact) mass is 271 g/mol. The van der Waals surface area contributed by atoms with Gasteiger partial charge in [0.15, 0.2) is 11.5 Å². The molecule has 1 aliphatic rings. The van der Waals surface area contributed by atoms with Gasteiger partial charge in [-0.3, -0.25) is 0 Å². The summed E-state index contributed by atoms with van der Waals surface area (Å²) < 4.78 is 16.4. The van der Waals surface area contributed by atoms with Crippen molar-refractivity contribution in [3.05, 3.63) is 48.0 Å². The maximum Gasteiger partial charge on any atom is 0.231 e. The Bertz CT molecular complexity index is 581. The van der Waals surface area contributed by atoms with Crippen molar-refractivity contribution >= 4 is 0 Å². The molecule has 0 saturated carbocycles. The van der Waals surface area contributed by atoms with Crippen LogP contribution in [0.4, 0.5) is 0 Å². The van der Waals surface area contributed by atoms with Crippen molar-refractivity contribution < 1.29 is 14.2 Å². The van der Waals surface area contributed by atoms with Gasteiger partial charge >= 0.3 is 0 Å². The first-order valence-electron chi connectivity index (χ1n) is 6.72. The van der Waals surface area contributed by atoms with Crippen molar-refractivity contribution in [2.24, 2.45) is 0 Å². The molecular weight excluding hydrogens is 254 g/mol. The van der Waals surface area contributed by atoms with Crippen LogP contribution in [0.2, 0.25) is 0 Å². The van der Waals surface area contributed by atoms with Crippen molar-refractivity contribution in [3.63, 3.8) is 0 Å². The number of ether oxygens (including phenoxy) is 3. The Balaban J connectivity index is 1.68. The highest BCUT2D eigenvalue weighted by molar-refractivity contribution is 5.48. The van der Waals surface area contributed by atoms with Crippen molar-refractivity contribution in [2.75, 3.05) is 13.3 Å². The van der Waals surface area contributed by atoms with Crippen LogP contribution < -0.4 is 19.5 Å². The summed E-state index contributed by atoms with van der Waals surface area (Å²) in [6.07, 6.45) is 0. The Morgan fingerprint density at radius 2 is 1.75 bits per heavy atom. The van der Waals surface area contributed by atoms with Gasteiger partial charge in [0, 0.05) is 12.6 Å². The van der Waals surface area contributed by atoms with Crippen LogP contribution in [-0.4, -0.2) is 13.3 Å². The second kappa shape index (κ2) is 5.84. The molecule has 0 spiro atoms. The van der Waals surface area contributed by atoms with Crippen LogP contribution in [0.25, 0.3) is 0 Å². The minimum atomic E-state index is 0.276. The lowest BCUT2D eigenvalue weighted by Crippen LogP contribution is -2.11. The summed E-state index contributed by atoms with van der Waals surface area (Å²) in [7, 11) is 0. The number of hydrogen-bond donors (Lipinski definition) is 1. The van der Waals surface area contributed by atoms with E-state index in [2.05, 4.69) is 24.4 Å². The average Bonchev–Trinajstić information content (AvgIpc) is 2.94. The maximum absolute atomic E-state index is 5.81. The van der Waals surface area contributed by atoms with Crippen LogP contribution in [0.5, 0.6) is 23.0 Å². The summed E-state index contributed by atoms with van der Waals surface area (Å²) in [5.41, 5.74) is 1.24. The third-order valence-electron chi connectivity index (χ3n) is 3.08. The molecule has 1 N–H and O–H groups in total. The van der Waals surface area contributed by atoms with Gasteiger partial charge in [-0.1, -0.05) is 19.1 Å². The van der Waals surface area contributed by atoms with Crippen molar-refractivity contribution in [2.45, 2.75) is 13.5 Å². The van der Waals surface area contributed by atoms with Crippen LogP contribution in [0.3, 0.4) is 0 Å². The van der Waals surface area contributed by atoms with Crippen molar-refractivity contribution in [3.8, 4) is 23.0 Å². The molecule has 4 nitrogen and oxygen atoms in total. The van der Waals surface area contributed by atoms with Gasteiger partial charge < -0.3 is 19.5 Å². The Labute approximate surface area is 118 Å². The first-order chi connectivity index (χ1) is 9.85. The number of nitrogens with one attached hydrogen (secondary N) is 1. The van der Waals surface area contributed by atoms with Crippen LogP contribution >= 0.6 is 0 Å². The van der Waals surface area contributed by atoms with Crippen LogP contribution in [0.1, 0.15) is 12.5 Å². The fourth-order valence-corrected chi connectivity index (χ4v) is 2.02. The highest BCUT2D eigenvalue weighted by Gasteiger charge is 2.13. The van der Waals surface area contributed by atoms with Crippen LogP contribution in [-0.2, 0) is 6.54 Å². The second-order valence-corrected chi connectivity index (χ2v) is 4.54. The normalized spacial score (nSPS) is 12.4. The van der Waals surface area contributed by atoms with Crippen molar-refractivity contribution in [1.29, 1.82) is 0 Å². The van der Waals surface area contributed by atoms with Crippen molar-refractivity contribution in [1.82, 2.24) is 5.32 Å². The smallest absolute Gasteiger partial charge is 0.231 e. The SMILES string of the molecule is CCNCc1ccc(Oc2ccc3c(c2)OCO3)cc1. The molecule has 2 aromatic rings. The lowest BCUT2D eigenvalue weighted by Gasteiger charge is -2.08. The zero-order chi connectivity index (χ0) is 13.8. The highest BCUT2D eigenvalue weighted by Crippen LogP contribution is 2.36. The Kier molecular flexibility index (Phi) is 3.74. The quantitative estimate of drug-likeness (QED) is 0.905. The molecule has 0 aliphatic carbocycles. The molecule has 1 heterocycles. The van der Waals surface area contributed by atoms with Gasteiger partial charge in [-0.25, -0.2) is 0 Å². The molecule has 0 radical (unpaired) electrons. The van der Waals surface area contributed by atoms with E-state index in [4.69, 9.17) is 14.2 Å². The molecule has 0 amide bonds. The van der Waals surface area contributed by atoms with Gasteiger partial charge in [0.2, 0.25) is 6.79 Å². The van der Waals surface area contributed by atoms with E-state index in [1.807, 2.05) is 30.3 Å². The van der Waals surface area contributed by atoms with E-state index in [0.29, 0.717) is 0 Å². The molecule has 0 aromatic heterocycles. The van der Waals surface area contributed by atoms with Gasteiger partial charge in [-0.05, 0) is 36.4 Å². The summed E-state index contributed by atoms with van der Waals surface area (Å²) in [5.74, 6) is 3.04. The zero-order valence-electron chi connectivity index (χ0n) is 11.4. The van der Waals surface area contributed by atoms with Gasteiger partial charge in [0.05, 0.1) is 0 Å². The third kappa shape index (κ3) is 2.86. The summed E-state index contributed by atoms with van der Waals surface area (Å²) in [4.78, 5) is 0. The van der Waals surface area contributed by atoms with Gasteiger partial charge in [0.25, 0.3) is 0 Å². The summed E-state index contributed by atoms with van der Waals surface area (Å²) in [6, 6.07) is 13.6. The fourth-order valence-electron chi connectivity index (χ4n) is 2.02. The average molecular weight is 271 g/mol. The lowest BCUT2D eigenvalue weighted by atomic mass is 10.2. The molecule has 0 atom stereocenters. The topological polar surface area (TPSA) is 39.7 Å². The lowest BCUT2D eigenvalue weighted by molar-refractivity contribution is 0.174. The van der Waals surface area contributed by atoms with Gasteiger partial charge in [-0.15, -0.1) is 0 Å². The van der Waals surface area contributed by atoms with Gasteiger partial charge in [0.1, 0.15) is 11.5 Å². The molecule has 3 rings (SSSR count). The third-order valence-corrected chi connectivity index (χ3v) is 3.08. The summed E-state index contributed by atoms with van der Waals surface area (Å²) in [5, 5.41) is 3.29. The second-order valence-electron chi connectivity index (χ2n) is 4.54. The van der Waals surface area contributed by atoms with Gasteiger partial charge in [-0.2, -0.15) is 0 Å². The molecule has 0 unspecified atom stereocenters. The van der Waals surface area contributed by atoms with E-state index < -0.39 is 0 Å². The van der Waals surface area contributed by atoms with E-state index in [0.717, 1.165) is 36.1 Å². The number of rotatable bonds is 5. The maximum atomic E-state index is 5.81. The molecular formula is C16H17NO3. The Morgan fingerprint density at radius 3 is 2.55 bits per heavy atom. The van der Waals surface area contributed by atoms with E-state index >= 15 is 0 Å². The number of hydrogen-bond acceptors (Lipinski definition) is 4. The first-order valence-corrected chi connectivity index (χ1v) is 6.72. The van der Waals surface area contributed by atoms with E-state index in [1.54, 1.807) is 0 Å². The first kappa shape index (κ1) is 12.8. The molecule has 0 bridgehead atoms. The fraction of sp³-hybridized carbons (Fsp3) is 0.250. The molecule has 1 aliphatic heterocycles. The largest absolute Gasteiger partial charge is 0.457 e. The molecule has 20 heavy (non-hydrogen) atoms.